The second-order valence-electron chi connectivity index (χ2n) is 2.16. The van der Waals surface area contributed by atoms with Gasteiger partial charge in [-0.15, -0.1) is 19.0 Å². The zero-order valence-corrected chi connectivity index (χ0v) is 6.97. The van der Waals surface area contributed by atoms with E-state index in [1.54, 1.807) is 12.1 Å². The lowest BCUT2D eigenvalue weighted by molar-refractivity contribution is 0.475. The van der Waals surface area contributed by atoms with Crippen molar-refractivity contribution in [3.05, 3.63) is 42.5 Å². The van der Waals surface area contributed by atoms with E-state index in [4.69, 9.17) is 5.11 Å². The Morgan fingerprint density at radius 2 is 1.82 bits per heavy atom. The molecule has 1 aromatic rings. The quantitative estimate of drug-likeness (QED) is 0.677. The first-order valence-corrected chi connectivity index (χ1v) is 3.22. The Bertz CT molecular complexity index is 216. The summed E-state index contributed by atoms with van der Waals surface area (Å²) in [5, 5.41) is 8.90. The van der Waals surface area contributed by atoms with Gasteiger partial charge in [-0.1, -0.05) is 18.2 Å². The predicted molar refractivity (Wildman–Crippen MR) is 49.3 cm³/mol. The van der Waals surface area contributed by atoms with Crippen molar-refractivity contribution >= 4 is 12.4 Å². The maximum atomic E-state index is 8.90. The lowest BCUT2D eigenvalue weighted by Crippen LogP contribution is -1.77. The summed E-state index contributed by atoms with van der Waals surface area (Å²) in [6.45, 7) is 3.62. The molecule has 0 saturated carbocycles. The van der Waals surface area contributed by atoms with Crippen LogP contribution >= 0.6 is 12.4 Å². The molecule has 1 nitrogen and oxygen atoms in total. The molecule has 0 heterocycles. The van der Waals surface area contributed by atoms with Crippen molar-refractivity contribution in [2.24, 2.45) is 0 Å². The topological polar surface area (TPSA) is 20.2 Å². The van der Waals surface area contributed by atoms with Crippen molar-refractivity contribution in [1.82, 2.24) is 0 Å². The van der Waals surface area contributed by atoms with Crippen LogP contribution in [0.15, 0.2) is 36.9 Å². The Balaban J connectivity index is 0.000001000. The highest BCUT2D eigenvalue weighted by molar-refractivity contribution is 5.85. The molecule has 0 atom stereocenters. The third-order valence-electron chi connectivity index (χ3n) is 1.32. The number of phenols is 1. The van der Waals surface area contributed by atoms with Crippen LogP contribution in [-0.2, 0) is 6.42 Å². The van der Waals surface area contributed by atoms with Gasteiger partial charge in [-0.3, -0.25) is 0 Å². The van der Waals surface area contributed by atoms with Crippen molar-refractivity contribution in [2.45, 2.75) is 6.42 Å². The van der Waals surface area contributed by atoms with Gasteiger partial charge in [0.1, 0.15) is 5.75 Å². The highest BCUT2D eigenvalue weighted by atomic mass is 35.5. The zero-order valence-electron chi connectivity index (χ0n) is 6.16. The minimum atomic E-state index is 0. The summed E-state index contributed by atoms with van der Waals surface area (Å²) < 4.78 is 0. The standard InChI is InChI=1S/C9H10O.ClH/c1-2-3-8-4-6-9(10)7-5-8;/h2,4-7,10H,1,3H2;1H. The highest BCUT2D eigenvalue weighted by Gasteiger charge is 1.87. The second-order valence-corrected chi connectivity index (χ2v) is 2.16. The molecule has 0 spiro atoms. The molecular weight excluding hydrogens is 160 g/mol. The summed E-state index contributed by atoms with van der Waals surface area (Å²) in [7, 11) is 0. The lowest BCUT2D eigenvalue weighted by atomic mass is 10.1. The molecule has 60 valence electrons. The Hall–Kier alpha value is -0.950. The van der Waals surface area contributed by atoms with Gasteiger partial charge in [0, 0.05) is 0 Å². The molecule has 1 rings (SSSR count). The van der Waals surface area contributed by atoms with Crippen molar-refractivity contribution in [1.29, 1.82) is 0 Å². The van der Waals surface area contributed by atoms with Gasteiger partial charge < -0.3 is 5.11 Å². The van der Waals surface area contributed by atoms with E-state index in [0.29, 0.717) is 5.75 Å². The summed E-state index contributed by atoms with van der Waals surface area (Å²) in [6.07, 6.45) is 2.70. The van der Waals surface area contributed by atoms with Crippen LogP contribution < -0.4 is 0 Å². The summed E-state index contributed by atoms with van der Waals surface area (Å²) in [5.41, 5.74) is 1.17. The van der Waals surface area contributed by atoms with Gasteiger partial charge in [-0.05, 0) is 24.1 Å². The van der Waals surface area contributed by atoms with E-state index < -0.39 is 0 Å². The second kappa shape index (κ2) is 4.80. The lowest BCUT2D eigenvalue weighted by Gasteiger charge is -1.94. The molecule has 1 N–H and O–H groups in total. The van der Waals surface area contributed by atoms with Gasteiger partial charge in [-0.25, -0.2) is 0 Å². The third kappa shape index (κ3) is 3.10. The summed E-state index contributed by atoms with van der Waals surface area (Å²) in [4.78, 5) is 0. The highest BCUT2D eigenvalue weighted by Crippen LogP contribution is 2.09. The Morgan fingerprint density at radius 3 is 2.27 bits per heavy atom. The molecule has 0 radical (unpaired) electrons. The zero-order chi connectivity index (χ0) is 7.40. The fraction of sp³-hybridized carbons (Fsp3) is 0.111. The van der Waals surface area contributed by atoms with Gasteiger partial charge in [0.05, 0.1) is 0 Å². The first kappa shape index (κ1) is 10.0. The first-order chi connectivity index (χ1) is 4.83. The monoisotopic (exact) mass is 170 g/mol. The fourth-order valence-electron chi connectivity index (χ4n) is 0.799. The maximum absolute atomic E-state index is 8.90. The van der Waals surface area contributed by atoms with Gasteiger partial charge >= 0.3 is 0 Å². The number of hydrogen-bond donors (Lipinski definition) is 1. The maximum Gasteiger partial charge on any atom is 0.115 e. The number of aromatic hydroxyl groups is 1. The first-order valence-electron chi connectivity index (χ1n) is 3.22. The van der Waals surface area contributed by atoms with Crippen molar-refractivity contribution in [2.75, 3.05) is 0 Å². The molecule has 0 saturated heterocycles. The predicted octanol–water partition coefficient (Wildman–Crippen LogP) is 2.54. The Labute approximate surface area is 72.8 Å². The SMILES string of the molecule is C=CCc1ccc(O)cc1.Cl. The summed E-state index contributed by atoms with van der Waals surface area (Å²) >= 11 is 0. The van der Waals surface area contributed by atoms with Gasteiger partial charge in [0.2, 0.25) is 0 Å². The van der Waals surface area contributed by atoms with Crippen LogP contribution in [-0.4, -0.2) is 5.11 Å². The number of hydrogen-bond acceptors (Lipinski definition) is 1. The number of phenolic OH excluding ortho intramolecular Hbond substituents is 1. The molecule has 0 amide bonds. The third-order valence-corrected chi connectivity index (χ3v) is 1.32. The number of benzene rings is 1. The molecule has 2 heteroatoms. The smallest absolute Gasteiger partial charge is 0.115 e. The summed E-state index contributed by atoms with van der Waals surface area (Å²) in [6, 6.07) is 7.13. The van der Waals surface area contributed by atoms with Crippen LogP contribution in [0.2, 0.25) is 0 Å². The van der Waals surface area contributed by atoms with E-state index in [1.165, 1.54) is 5.56 Å². The fourth-order valence-corrected chi connectivity index (χ4v) is 0.799. The van der Waals surface area contributed by atoms with E-state index in [2.05, 4.69) is 6.58 Å². The van der Waals surface area contributed by atoms with Gasteiger partial charge in [-0.2, -0.15) is 0 Å². The van der Waals surface area contributed by atoms with Crippen LogP contribution in [0.25, 0.3) is 0 Å². The van der Waals surface area contributed by atoms with E-state index >= 15 is 0 Å². The summed E-state index contributed by atoms with van der Waals surface area (Å²) in [5.74, 6) is 0.313. The van der Waals surface area contributed by atoms with E-state index in [1.807, 2.05) is 18.2 Å². The molecule has 0 aliphatic carbocycles. The molecule has 0 aromatic heterocycles. The molecule has 0 bridgehead atoms. The largest absolute Gasteiger partial charge is 0.508 e. The van der Waals surface area contributed by atoms with Gasteiger partial charge in [0.25, 0.3) is 0 Å². The van der Waals surface area contributed by atoms with Crippen LogP contribution in [0.4, 0.5) is 0 Å². The van der Waals surface area contributed by atoms with Crippen LogP contribution in [0, 0.1) is 0 Å². The average molecular weight is 171 g/mol. The molecule has 0 aliphatic rings. The Morgan fingerprint density at radius 1 is 1.27 bits per heavy atom. The minimum Gasteiger partial charge on any atom is -0.508 e. The van der Waals surface area contributed by atoms with Crippen molar-refractivity contribution < 1.29 is 5.11 Å². The van der Waals surface area contributed by atoms with Crippen LogP contribution in [0.5, 0.6) is 5.75 Å². The van der Waals surface area contributed by atoms with E-state index in [9.17, 15) is 0 Å². The molecule has 0 unspecified atom stereocenters. The van der Waals surface area contributed by atoms with Crippen LogP contribution in [0.1, 0.15) is 5.56 Å². The molecular formula is C9H11ClO. The van der Waals surface area contributed by atoms with Crippen molar-refractivity contribution in [3.63, 3.8) is 0 Å². The Kier molecular flexibility index (Phi) is 4.39. The number of rotatable bonds is 2. The molecule has 11 heavy (non-hydrogen) atoms. The molecule has 0 fully saturated rings. The van der Waals surface area contributed by atoms with Crippen molar-refractivity contribution in [3.8, 4) is 5.75 Å². The number of halogens is 1. The minimum absolute atomic E-state index is 0. The molecule has 1 aromatic carbocycles. The van der Waals surface area contributed by atoms with E-state index in [0.717, 1.165) is 6.42 Å². The molecule has 0 aliphatic heterocycles. The van der Waals surface area contributed by atoms with Crippen LogP contribution in [0.3, 0.4) is 0 Å². The number of allylic oxidation sites excluding steroid dienone is 1. The average Bonchev–Trinajstić information content (AvgIpc) is 1.95. The van der Waals surface area contributed by atoms with E-state index in [-0.39, 0.29) is 12.4 Å². The van der Waals surface area contributed by atoms with Gasteiger partial charge in [0.15, 0.2) is 0 Å². The normalized spacial score (nSPS) is 8.36.